The van der Waals surface area contributed by atoms with Gasteiger partial charge in [0, 0.05) is 42.8 Å². The molecule has 2 aromatic heterocycles. The number of carbonyl (C=O) groups is 1. The standard InChI is InChI=1S/C32H31F2N7O3S/c1-40(2)15-16-44-26-18-20(11-12-25(26)43-4)37-32-36-14-13-24(38-32)29-28(39-31(35)45-29)19-7-5-8-21(17-19)41(3)30(42)27-22(33)9-6-10-23(27)34/h5-14,17-18H,15-16H2,1-4H3,(H2,35,39)(H,36,37,38). The molecule has 10 nitrogen and oxygen atoms in total. The van der Waals surface area contributed by atoms with Crippen molar-refractivity contribution in [3.05, 3.63) is 90.1 Å². The molecule has 0 aliphatic carbocycles. The van der Waals surface area contributed by atoms with Crippen LogP contribution in [-0.4, -0.2) is 67.2 Å². The Bertz CT molecular complexity index is 1810. The van der Waals surface area contributed by atoms with Gasteiger partial charge in [-0.15, -0.1) is 0 Å². The molecular formula is C32H31F2N7O3S. The number of hydrogen-bond donors (Lipinski definition) is 2. The zero-order valence-electron chi connectivity index (χ0n) is 25.0. The number of thiazole rings is 1. The van der Waals surface area contributed by atoms with Crippen LogP contribution in [0, 0.1) is 11.6 Å². The van der Waals surface area contributed by atoms with Crippen LogP contribution in [0.1, 0.15) is 10.4 Å². The Hall–Kier alpha value is -5.14. The first-order valence-electron chi connectivity index (χ1n) is 13.8. The molecule has 0 spiro atoms. The van der Waals surface area contributed by atoms with Crippen molar-refractivity contribution in [2.24, 2.45) is 0 Å². The first kappa shape index (κ1) is 31.3. The summed E-state index contributed by atoms with van der Waals surface area (Å²) < 4.78 is 40.0. The number of benzene rings is 3. The lowest BCUT2D eigenvalue weighted by Crippen LogP contribution is -2.28. The fraction of sp³-hybridized carbons (Fsp3) is 0.188. The van der Waals surface area contributed by atoms with Gasteiger partial charge in [0.15, 0.2) is 16.6 Å². The van der Waals surface area contributed by atoms with Crippen LogP contribution >= 0.6 is 11.3 Å². The number of hydrogen-bond acceptors (Lipinski definition) is 10. The largest absolute Gasteiger partial charge is 0.493 e. The number of likely N-dealkylation sites (N-methyl/N-ethyl adjacent to an activating group) is 1. The molecule has 0 atom stereocenters. The SMILES string of the molecule is COc1ccc(Nc2nccc(-c3sc(N)nc3-c3cccc(N(C)C(=O)c4c(F)cccc4F)c3)n2)cc1OCCN(C)C. The molecule has 45 heavy (non-hydrogen) atoms. The van der Waals surface area contributed by atoms with Gasteiger partial charge in [0.1, 0.15) is 23.8 Å². The number of amides is 1. The molecular weight excluding hydrogens is 600 g/mol. The second kappa shape index (κ2) is 13.7. The molecule has 13 heteroatoms. The summed E-state index contributed by atoms with van der Waals surface area (Å²) in [7, 11) is 6.97. The molecule has 0 saturated heterocycles. The number of nitrogens with two attached hydrogens (primary N) is 1. The third-order valence-electron chi connectivity index (χ3n) is 6.74. The van der Waals surface area contributed by atoms with Crippen molar-refractivity contribution in [2.45, 2.75) is 0 Å². The number of nitrogen functional groups attached to an aromatic ring is 1. The van der Waals surface area contributed by atoms with E-state index in [1.54, 1.807) is 49.7 Å². The van der Waals surface area contributed by atoms with E-state index >= 15 is 0 Å². The van der Waals surface area contributed by atoms with E-state index in [1.165, 1.54) is 29.4 Å². The average Bonchev–Trinajstić information content (AvgIpc) is 3.42. The molecule has 2 heterocycles. The van der Waals surface area contributed by atoms with Crippen LogP contribution in [0.2, 0.25) is 0 Å². The van der Waals surface area contributed by atoms with E-state index in [0.717, 1.165) is 18.7 Å². The number of aromatic nitrogens is 3. The molecule has 0 aliphatic heterocycles. The number of nitrogens with zero attached hydrogens (tertiary/aromatic N) is 5. The van der Waals surface area contributed by atoms with Gasteiger partial charge in [0.25, 0.3) is 5.91 Å². The summed E-state index contributed by atoms with van der Waals surface area (Å²) in [5.41, 5.74) is 8.35. The van der Waals surface area contributed by atoms with E-state index in [-0.39, 0.29) is 0 Å². The maximum absolute atomic E-state index is 14.3. The molecule has 0 saturated carbocycles. The van der Waals surface area contributed by atoms with Crippen molar-refractivity contribution in [3.8, 4) is 33.3 Å². The highest BCUT2D eigenvalue weighted by Crippen LogP contribution is 2.39. The highest BCUT2D eigenvalue weighted by Gasteiger charge is 2.23. The van der Waals surface area contributed by atoms with Crippen LogP contribution < -0.4 is 25.4 Å². The Kier molecular flexibility index (Phi) is 9.50. The maximum atomic E-state index is 14.3. The van der Waals surface area contributed by atoms with Crippen molar-refractivity contribution in [3.63, 3.8) is 0 Å². The molecule has 3 N–H and O–H groups in total. The quantitative estimate of drug-likeness (QED) is 0.178. The van der Waals surface area contributed by atoms with Crippen molar-refractivity contribution in [1.29, 1.82) is 0 Å². The Morgan fingerprint density at radius 2 is 1.73 bits per heavy atom. The Balaban J connectivity index is 1.41. The van der Waals surface area contributed by atoms with Gasteiger partial charge in [-0.2, -0.15) is 0 Å². The summed E-state index contributed by atoms with van der Waals surface area (Å²) >= 11 is 1.25. The van der Waals surface area contributed by atoms with E-state index in [2.05, 4.69) is 15.3 Å². The van der Waals surface area contributed by atoms with Gasteiger partial charge in [-0.1, -0.05) is 29.5 Å². The predicted octanol–water partition coefficient (Wildman–Crippen LogP) is 6.10. The molecule has 0 unspecified atom stereocenters. The second-order valence-electron chi connectivity index (χ2n) is 10.1. The first-order valence-corrected chi connectivity index (χ1v) is 14.6. The van der Waals surface area contributed by atoms with Gasteiger partial charge in [0.05, 0.1) is 23.4 Å². The lowest BCUT2D eigenvalue weighted by atomic mass is 10.1. The maximum Gasteiger partial charge on any atom is 0.263 e. The Labute approximate surface area is 263 Å². The number of carbonyl (C=O) groups excluding carboxylic acids is 1. The van der Waals surface area contributed by atoms with Crippen LogP contribution in [0.25, 0.3) is 21.8 Å². The summed E-state index contributed by atoms with van der Waals surface area (Å²) in [6.07, 6.45) is 1.62. The van der Waals surface area contributed by atoms with E-state index in [9.17, 15) is 13.6 Å². The van der Waals surface area contributed by atoms with Crippen LogP contribution in [0.4, 0.5) is 31.2 Å². The van der Waals surface area contributed by atoms with Gasteiger partial charge in [-0.3, -0.25) is 4.79 Å². The smallest absolute Gasteiger partial charge is 0.263 e. The van der Waals surface area contributed by atoms with Crippen LogP contribution in [0.3, 0.4) is 0 Å². The first-order chi connectivity index (χ1) is 21.6. The fourth-order valence-corrected chi connectivity index (χ4v) is 5.26. The number of ether oxygens (including phenoxy) is 2. The Morgan fingerprint density at radius 3 is 2.47 bits per heavy atom. The number of rotatable bonds is 11. The number of methoxy groups -OCH3 is 1. The number of nitrogens with one attached hydrogen (secondary N) is 1. The van der Waals surface area contributed by atoms with E-state index in [0.29, 0.717) is 62.4 Å². The molecule has 0 radical (unpaired) electrons. The molecule has 0 bridgehead atoms. The monoisotopic (exact) mass is 631 g/mol. The average molecular weight is 632 g/mol. The van der Waals surface area contributed by atoms with E-state index < -0.39 is 23.1 Å². The van der Waals surface area contributed by atoms with Crippen LogP contribution in [0.15, 0.2) is 72.9 Å². The minimum atomic E-state index is -0.937. The summed E-state index contributed by atoms with van der Waals surface area (Å²) in [5.74, 6) is -1.17. The van der Waals surface area contributed by atoms with Crippen molar-refractivity contribution in [2.75, 3.05) is 57.4 Å². The summed E-state index contributed by atoms with van der Waals surface area (Å²) in [4.78, 5) is 30.5. The lowest BCUT2D eigenvalue weighted by molar-refractivity contribution is 0.0985. The minimum Gasteiger partial charge on any atom is -0.493 e. The Morgan fingerprint density at radius 1 is 0.978 bits per heavy atom. The molecule has 0 fully saturated rings. The molecule has 232 valence electrons. The van der Waals surface area contributed by atoms with Gasteiger partial charge in [-0.05, 0) is 56.6 Å². The number of halogens is 2. The van der Waals surface area contributed by atoms with Crippen LogP contribution in [-0.2, 0) is 0 Å². The topological polar surface area (TPSA) is 119 Å². The van der Waals surface area contributed by atoms with Crippen LogP contribution in [0.5, 0.6) is 11.5 Å². The molecule has 1 amide bonds. The zero-order chi connectivity index (χ0) is 32.1. The van der Waals surface area contributed by atoms with Crippen molar-refractivity contribution in [1.82, 2.24) is 19.9 Å². The predicted molar refractivity (Wildman–Crippen MR) is 172 cm³/mol. The normalized spacial score (nSPS) is 11.0. The van der Waals surface area contributed by atoms with Gasteiger partial charge in [-0.25, -0.2) is 23.7 Å². The second-order valence-corrected chi connectivity index (χ2v) is 11.2. The number of anilines is 4. The molecule has 3 aromatic carbocycles. The van der Waals surface area contributed by atoms with Gasteiger partial charge in [0.2, 0.25) is 5.95 Å². The molecule has 0 aliphatic rings. The van der Waals surface area contributed by atoms with Crippen molar-refractivity contribution < 1.29 is 23.0 Å². The van der Waals surface area contributed by atoms with Crippen molar-refractivity contribution >= 4 is 39.7 Å². The third-order valence-corrected chi connectivity index (χ3v) is 7.64. The lowest BCUT2D eigenvalue weighted by Gasteiger charge is -2.19. The fourth-order valence-electron chi connectivity index (χ4n) is 4.43. The molecule has 5 aromatic rings. The van der Waals surface area contributed by atoms with E-state index in [1.807, 2.05) is 31.1 Å². The summed E-state index contributed by atoms with van der Waals surface area (Å²) in [6.45, 7) is 1.23. The highest BCUT2D eigenvalue weighted by atomic mass is 32.1. The van der Waals surface area contributed by atoms with Gasteiger partial charge >= 0.3 is 0 Å². The zero-order valence-corrected chi connectivity index (χ0v) is 25.9. The third kappa shape index (κ3) is 7.16. The highest BCUT2D eigenvalue weighted by molar-refractivity contribution is 7.19. The summed E-state index contributed by atoms with van der Waals surface area (Å²) in [5, 5.41) is 3.52. The summed E-state index contributed by atoms with van der Waals surface area (Å²) in [6, 6.07) is 17.4. The van der Waals surface area contributed by atoms with E-state index in [4.69, 9.17) is 20.2 Å². The minimum absolute atomic E-state index is 0.311. The molecule has 5 rings (SSSR count). The van der Waals surface area contributed by atoms with Gasteiger partial charge < -0.3 is 30.3 Å².